The Morgan fingerprint density at radius 3 is 1.67 bits per heavy atom. The molecule has 0 amide bonds. The molecule has 0 saturated heterocycles. The van der Waals surface area contributed by atoms with Crippen molar-refractivity contribution in [2.45, 2.75) is 7.43 Å². The fourth-order valence-electron chi connectivity index (χ4n) is 0. The molecule has 0 aliphatic heterocycles. The zero-order valence-electron chi connectivity index (χ0n) is 2.67. The van der Waals surface area contributed by atoms with Crippen LogP contribution in [0.2, 0.25) is 0 Å². The summed E-state index contributed by atoms with van der Waals surface area (Å²) in [4.78, 5) is 0. The smallest absolute Gasteiger partial charge is 0.750 e. The Morgan fingerprint density at radius 2 is 1.67 bits per heavy atom. The normalized spacial score (nSPS) is 10.3. The Bertz CT molecular complexity index is 33.8. The molecule has 5 heteroatoms. The number of hydrogen-bond acceptors (Lipinski definition) is 2. The molecule has 6 heavy (non-hydrogen) atoms. The number of hydrogen-bond donors (Lipinski definition) is 1. The zero-order valence-corrected chi connectivity index (χ0v) is 3.49. The summed E-state index contributed by atoms with van der Waals surface area (Å²) in [5.74, 6) is 0. The molecule has 0 spiro atoms. The third kappa shape index (κ3) is 141. The van der Waals surface area contributed by atoms with Crippen LogP contribution in [0.5, 0.6) is 0 Å². The molecule has 3 nitrogen and oxygen atoms in total. The molecular formula is CH5LiO3S. The summed E-state index contributed by atoms with van der Waals surface area (Å²) in [6, 6.07) is 0. The summed E-state index contributed by atoms with van der Waals surface area (Å²) in [6.07, 6.45) is 0. The van der Waals surface area contributed by atoms with Gasteiger partial charge in [-0.1, -0.05) is 7.43 Å². The van der Waals surface area contributed by atoms with E-state index in [-0.39, 0.29) is 26.3 Å². The minimum absolute atomic E-state index is 0. The molecule has 0 aromatic rings. The van der Waals surface area contributed by atoms with E-state index in [4.69, 9.17) is 13.3 Å². The average molecular weight is 104 g/mol. The molecule has 1 N–H and O–H groups in total. The van der Waals surface area contributed by atoms with Crippen LogP contribution in [0, 0.1) is 0 Å². The molecule has 0 rings (SSSR count). The minimum Gasteiger partial charge on any atom is -0.750 e. The summed E-state index contributed by atoms with van der Waals surface area (Å²) in [7, 11) is 0. The first-order valence-corrected chi connectivity index (χ1v) is 1.55. The van der Waals surface area contributed by atoms with Crippen molar-refractivity contribution in [2.75, 3.05) is 0 Å². The van der Waals surface area contributed by atoms with Crippen LogP contribution in [-0.4, -0.2) is 13.3 Å². The van der Waals surface area contributed by atoms with Gasteiger partial charge < -0.3 is 9.11 Å². The van der Waals surface area contributed by atoms with Crippen LogP contribution in [0.25, 0.3) is 0 Å². The first-order valence-electron chi connectivity index (χ1n) is 0.516. The first-order chi connectivity index (χ1) is 1.73. The zero-order chi connectivity index (χ0) is 3.58. The fourth-order valence-corrected chi connectivity index (χ4v) is 0. The maximum absolute atomic E-state index is 8.56. The van der Waals surface area contributed by atoms with Crippen molar-refractivity contribution >= 4 is 11.4 Å². The van der Waals surface area contributed by atoms with E-state index >= 15 is 0 Å². The van der Waals surface area contributed by atoms with Crippen LogP contribution >= 0.6 is 0 Å². The maximum Gasteiger partial charge on any atom is 1.00 e. The quantitative estimate of drug-likeness (QED) is 0.263. The van der Waals surface area contributed by atoms with Gasteiger partial charge in [0.1, 0.15) is 0 Å². The van der Waals surface area contributed by atoms with Crippen LogP contribution in [0.3, 0.4) is 0 Å². The van der Waals surface area contributed by atoms with Crippen LogP contribution in [0.15, 0.2) is 0 Å². The van der Waals surface area contributed by atoms with Gasteiger partial charge in [-0.2, -0.15) is 0 Å². The van der Waals surface area contributed by atoms with Crippen LogP contribution in [0.4, 0.5) is 0 Å². The van der Waals surface area contributed by atoms with Crippen LogP contribution in [-0.2, 0) is 11.4 Å². The topological polar surface area (TPSA) is 60.4 Å². The van der Waals surface area contributed by atoms with E-state index in [1.807, 2.05) is 0 Å². The van der Waals surface area contributed by atoms with E-state index in [1.54, 1.807) is 0 Å². The predicted octanol–water partition coefficient (Wildman–Crippen LogP) is -3.02. The third-order valence-electron chi connectivity index (χ3n) is 0. The van der Waals surface area contributed by atoms with Crippen molar-refractivity contribution in [3.05, 3.63) is 0 Å². The van der Waals surface area contributed by atoms with Gasteiger partial charge in [0, 0.05) is 0 Å². The second-order valence-electron chi connectivity index (χ2n) is 0.217. The first kappa shape index (κ1) is 15.9. The van der Waals surface area contributed by atoms with Crippen molar-refractivity contribution in [3.8, 4) is 0 Å². The third-order valence-corrected chi connectivity index (χ3v) is 0. The molecule has 0 bridgehead atoms. The van der Waals surface area contributed by atoms with Gasteiger partial charge in [-0.3, -0.25) is 0 Å². The molecule has 34 valence electrons. The van der Waals surface area contributed by atoms with Gasteiger partial charge in [-0.25, -0.2) is 4.21 Å². The van der Waals surface area contributed by atoms with Gasteiger partial charge in [0.05, 0.1) is 11.4 Å². The van der Waals surface area contributed by atoms with Gasteiger partial charge in [0.25, 0.3) is 0 Å². The van der Waals surface area contributed by atoms with Crippen molar-refractivity contribution < 1.29 is 32.2 Å². The fraction of sp³-hybridized carbons (Fsp3) is 1.00. The van der Waals surface area contributed by atoms with Gasteiger partial charge in [0.15, 0.2) is 0 Å². The molecule has 0 aromatic heterocycles. The van der Waals surface area contributed by atoms with E-state index in [1.165, 1.54) is 0 Å². The summed E-state index contributed by atoms with van der Waals surface area (Å²) in [5, 5.41) is 0. The Kier molecular flexibility index (Phi) is 24.4. The van der Waals surface area contributed by atoms with E-state index in [9.17, 15) is 0 Å². The molecule has 0 aliphatic carbocycles. The van der Waals surface area contributed by atoms with E-state index < -0.39 is 11.4 Å². The monoisotopic (exact) mass is 104 g/mol. The molecule has 0 saturated carbocycles. The molecule has 0 fully saturated rings. The van der Waals surface area contributed by atoms with Crippen molar-refractivity contribution in [1.29, 1.82) is 0 Å². The predicted molar refractivity (Wildman–Crippen MR) is 18.3 cm³/mol. The Labute approximate surface area is 51.4 Å². The van der Waals surface area contributed by atoms with E-state index in [0.29, 0.717) is 0 Å². The second kappa shape index (κ2) is 9.18. The molecule has 0 radical (unpaired) electrons. The maximum atomic E-state index is 8.56. The van der Waals surface area contributed by atoms with E-state index in [0.717, 1.165) is 0 Å². The van der Waals surface area contributed by atoms with Crippen LogP contribution < -0.4 is 18.9 Å². The summed E-state index contributed by atoms with van der Waals surface area (Å²) < 4.78 is 24.1. The summed E-state index contributed by atoms with van der Waals surface area (Å²) >= 11 is -2.86. The molecule has 0 aliphatic rings. The molecule has 0 heterocycles. The van der Waals surface area contributed by atoms with Crippen LogP contribution in [0.1, 0.15) is 7.43 Å². The SMILES string of the molecule is C.O=S([O-])O.[Li+]. The van der Waals surface area contributed by atoms with Crippen molar-refractivity contribution in [1.82, 2.24) is 0 Å². The summed E-state index contributed by atoms with van der Waals surface area (Å²) in [5.41, 5.74) is 0. The van der Waals surface area contributed by atoms with Crippen molar-refractivity contribution in [2.24, 2.45) is 0 Å². The molecule has 1 atom stereocenters. The summed E-state index contributed by atoms with van der Waals surface area (Å²) in [6.45, 7) is 0. The Balaban J connectivity index is -0.0000000450. The van der Waals surface area contributed by atoms with E-state index in [2.05, 4.69) is 0 Å². The average Bonchev–Trinajstić information content (AvgIpc) is 0.811. The Morgan fingerprint density at radius 1 is 1.67 bits per heavy atom. The van der Waals surface area contributed by atoms with Gasteiger partial charge in [-0.05, 0) is 0 Å². The number of rotatable bonds is 0. The standard InChI is InChI=1S/CH4.Li.H2O3S/c;;1-4(2)3/h1H4;;(H2,1,2,3)/q;+1;/p-1. The van der Waals surface area contributed by atoms with Crippen molar-refractivity contribution in [3.63, 3.8) is 0 Å². The Hall–Kier alpha value is 0.667. The van der Waals surface area contributed by atoms with Gasteiger partial charge >= 0.3 is 18.9 Å². The molecule has 1 unspecified atom stereocenters. The molecular weight excluding hydrogens is 99.0 g/mol. The van der Waals surface area contributed by atoms with Gasteiger partial charge in [0.2, 0.25) is 0 Å². The minimum atomic E-state index is -2.86. The second-order valence-corrected chi connectivity index (χ2v) is 0.651. The molecule has 0 aromatic carbocycles. The van der Waals surface area contributed by atoms with Gasteiger partial charge in [-0.15, -0.1) is 0 Å². The largest absolute Gasteiger partial charge is 1.00 e.